The fraction of sp³-hybridized carbons (Fsp3) is 0.286. The van der Waals surface area contributed by atoms with Gasteiger partial charge < -0.3 is 9.84 Å². The summed E-state index contributed by atoms with van der Waals surface area (Å²) in [4.78, 5) is 10.4. The highest BCUT2D eigenvalue weighted by atomic mass is 19.1. The minimum absolute atomic E-state index is 0.377. The predicted octanol–water partition coefficient (Wildman–Crippen LogP) is 3.00. The molecule has 100 valence electrons. The molecule has 0 radical (unpaired) electrons. The van der Waals surface area contributed by atoms with Gasteiger partial charge in [-0.15, -0.1) is 0 Å². The number of carboxylic acids is 1. The van der Waals surface area contributed by atoms with Gasteiger partial charge in [-0.2, -0.15) is 5.26 Å². The van der Waals surface area contributed by atoms with Crippen molar-refractivity contribution in [2.45, 2.75) is 19.3 Å². The van der Waals surface area contributed by atoms with Crippen LogP contribution in [0.25, 0.3) is 6.08 Å². The Morgan fingerprint density at radius 1 is 1.47 bits per heavy atom. The second-order valence-corrected chi connectivity index (χ2v) is 3.82. The molecule has 0 amide bonds. The van der Waals surface area contributed by atoms with Crippen molar-refractivity contribution in [2.24, 2.45) is 0 Å². The maximum atomic E-state index is 13.1. The summed E-state index contributed by atoms with van der Waals surface area (Å²) in [7, 11) is 0. The summed E-state index contributed by atoms with van der Waals surface area (Å²) in [5, 5.41) is 16.9. The minimum Gasteiger partial charge on any atom is -0.493 e. The first-order valence-corrected chi connectivity index (χ1v) is 5.84. The van der Waals surface area contributed by atoms with Gasteiger partial charge in [-0.3, -0.25) is 0 Å². The first-order valence-electron chi connectivity index (χ1n) is 5.84. The van der Waals surface area contributed by atoms with Crippen molar-refractivity contribution in [3.63, 3.8) is 0 Å². The maximum absolute atomic E-state index is 13.1. The van der Waals surface area contributed by atoms with Crippen molar-refractivity contribution in [3.05, 3.63) is 35.7 Å². The molecule has 1 aromatic rings. The van der Waals surface area contributed by atoms with E-state index in [1.165, 1.54) is 24.3 Å². The third kappa shape index (κ3) is 5.68. The van der Waals surface area contributed by atoms with E-state index in [1.54, 1.807) is 0 Å². The molecule has 0 saturated carbocycles. The van der Waals surface area contributed by atoms with Crippen molar-refractivity contribution < 1.29 is 19.0 Å². The molecule has 19 heavy (non-hydrogen) atoms. The Balaban J connectivity index is 2.66. The highest BCUT2D eigenvalue weighted by Gasteiger charge is 2.03. The summed E-state index contributed by atoms with van der Waals surface area (Å²) in [6.45, 7) is 0.404. The Morgan fingerprint density at radius 3 is 2.95 bits per heavy atom. The van der Waals surface area contributed by atoms with Crippen LogP contribution in [0.15, 0.2) is 24.3 Å². The van der Waals surface area contributed by atoms with Gasteiger partial charge in [0.15, 0.2) is 0 Å². The van der Waals surface area contributed by atoms with Crippen molar-refractivity contribution in [3.8, 4) is 11.8 Å². The van der Waals surface area contributed by atoms with Gasteiger partial charge in [0.2, 0.25) is 0 Å². The fourth-order valence-electron chi connectivity index (χ4n) is 1.43. The van der Waals surface area contributed by atoms with Gasteiger partial charge in [0, 0.05) is 18.1 Å². The Morgan fingerprint density at radius 2 is 2.26 bits per heavy atom. The highest BCUT2D eigenvalue weighted by Crippen LogP contribution is 2.21. The first-order chi connectivity index (χ1) is 9.13. The van der Waals surface area contributed by atoms with E-state index >= 15 is 0 Å². The van der Waals surface area contributed by atoms with Crippen LogP contribution in [-0.4, -0.2) is 17.7 Å². The number of carbonyl (C=O) groups is 1. The molecular formula is C14H14FNO3. The zero-order valence-corrected chi connectivity index (χ0v) is 10.3. The van der Waals surface area contributed by atoms with Crippen LogP contribution >= 0.6 is 0 Å². The lowest BCUT2D eigenvalue weighted by Gasteiger charge is -2.08. The smallest absolute Gasteiger partial charge is 0.328 e. The SMILES string of the molecule is N#CCCCCOc1ccc(F)cc1/C=C/C(=O)O. The number of benzene rings is 1. The van der Waals surface area contributed by atoms with Crippen LogP contribution in [-0.2, 0) is 4.79 Å². The fourth-order valence-corrected chi connectivity index (χ4v) is 1.43. The van der Waals surface area contributed by atoms with E-state index in [-0.39, 0.29) is 0 Å². The maximum Gasteiger partial charge on any atom is 0.328 e. The number of aliphatic carboxylic acids is 1. The van der Waals surface area contributed by atoms with E-state index in [4.69, 9.17) is 15.1 Å². The lowest BCUT2D eigenvalue weighted by molar-refractivity contribution is -0.131. The van der Waals surface area contributed by atoms with Crippen LogP contribution in [0.4, 0.5) is 4.39 Å². The van der Waals surface area contributed by atoms with Crippen LogP contribution in [0, 0.1) is 17.1 Å². The largest absolute Gasteiger partial charge is 0.493 e. The zero-order valence-electron chi connectivity index (χ0n) is 10.3. The van der Waals surface area contributed by atoms with Gasteiger partial charge in [0.25, 0.3) is 0 Å². The second kappa shape index (κ2) is 7.88. The monoisotopic (exact) mass is 263 g/mol. The summed E-state index contributed by atoms with van der Waals surface area (Å²) in [5.41, 5.74) is 0.377. The number of carboxylic acid groups (broad SMARTS) is 1. The Labute approximate surface area is 110 Å². The van der Waals surface area contributed by atoms with E-state index in [1.807, 2.05) is 6.07 Å². The normalized spacial score (nSPS) is 10.3. The van der Waals surface area contributed by atoms with E-state index in [0.29, 0.717) is 30.8 Å². The standard InChI is InChI=1S/C14H14FNO3/c15-12-5-6-13(19-9-3-1-2-8-16)11(10-12)4-7-14(17)18/h4-7,10H,1-3,9H2,(H,17,18)/b7-4+. The molecule has 4 nitrogen and oxygen atoms in total. The van der Waals surface area contributed by atoms with Crippen molar-refractivity contribution >= 4 is 12.0 Å². The average molecular weight is 263 g/mol. The topological polar surface area (TPSA) is 70.3 Å². The number of nitriles is 1. The number of nitrogens with zero attached hydrogens (tertiary/aromatic N) is 1. The molecule has 1 N–H and O–H groups in total. The zero-order chi connectivity index (χ0) is 14.1. The Bertz CT molecular complexity index is 506. The van der Waals surface area contributed by atoms with Crippen LogP contribution in [0.3, 0.4) is 0 Å². The van der Waals surface area contributed by atoms with Crippen LogP contribution < -0.4 is 4.74 Å². The van der Waals surface area contributed by atoms with Gasteiger partial charge >= 0.3 is 5.97 Å². The molecule has 0 fully saturated rings. The molecular weight excluding hydrogens is 249 g/mol. The van der Waals surface area contributed by atoms with E-state index < -0.39 is 11.8 Å². The molecule has 0 aliphatic rings. The third-order valence-electron chi connectivity index (χ3n) is 2.32. The number of unbranched alkanes of at least 4 members (excludes halogenated alkanes) is 2. The molecule has 0 aliphatic carbocycles. The predicted molar refractivity (Wildman–Crippen MR) is 68.0 cm³/mol. The molecule has 1 rings (SSSR count). The molecule has 0 spiro atoms. The number of hydrogen-bond acceptors (Lipinski definition) is 3. The summed E-state index contributed by atoms with van der Waals surface area (Å²) < 4.78 is 18.5. The van der Waals surface area contributed by atoms with Gasteiger partial charge in [-0.1, -0.05) is 0 Å². The quantitative estimate of drug-likeness (QED) is 0.606. The van der Waals surface area contributed by atoms with Gasteiger partial charge in [-0.05, 0) is 37.1 Å². The molecule has 0 aliphatic heterocycles. The lowest BCUT2D eigenvalue weighted by atomic mass is 10.2. The molecule has 0 unspecified atom stereocenters. The van der Waals surface area contributed by atoms with E-state index in [0.717, 1.165) is 12.5 Å². The van der Waals surface area contributed by atoms with E-state index in [9.17, 15) is 9.18 Å². The molecule has 0 bridgehead atoms. The lowest BCUT2D eigenvalue weighted by Crippen LogP contribution is -1.99. The van der Waals surface area contributed by atoms with Gasteiger partial charge in [-0.25, -0.2) is 9.18 Å². The summed E-state index contributed by atoms with van der Waals surface area (Å²) >= 11 is 0. The van der Waals surface area contributed by atoms with Gasteiger partial charge in [0.05, 0.1) is 12.7 Å². The molecule has 1 aromatic carbocycles. The summed E-state index contributed by atoms with van der Waals surface area (Å²) in [5.74, 6) is -1.14. The number of hydrogen-bond donors (Lipinski definition) is 1. The van der Waals surface area contributed by atoms with Crippen LogP contribution in [0.2, 0.25) is 0 Å². The minimum atomic E-state index is -1.11. The van der Waals surface area contributed by atoms with Crippen molar-refractivity contribution in [1.82, 2.24) is 0 Å². The van der Waals surface area contributed by atoms with Crippen LogP contribution in [0.5, 0.6) is 5.75 Å². The number of ether oxygens (including phenoxy) is 1. The molecule has 0 heterocycles. The van der Waals surface area contributed by atoms with Crippen LogP contribution in [0.1, 0.15) is 24.8 Å². The first kappa shape index (κ1) is 14.7. The Kier molecular flexibility index (Phi) is 6.10. The second-order valence-electron chi connectivity index (χ2n) is 3.82. The van der Waals surface area contributed by atoms with E-state index in [2.05, 4.69) is 0 Å². The molecule has 5 heteroatoms. The Hall–Kier alpha value is -2.35. The average Bonchev–Trinajstić information content (AvgIpc) is 2.38. The summed E-state index contributed by atoms with van der Waals surface area (Å²) in [6, 6.07) is 5.96. The third-order valence-corrected chi connectivity index (χ3v) is 2.32. The van der Waals surface area contributed by atoms with Crippen molar-refractivity contribution in [2.75, 3.05) is 6.61 Å². The molecule has 0 saturated heterocycles. The molecule has 0 aromatic heterocycles. The van der Waals surface area contributed by atoms with Gasteiger partial charge in [0.1, 0.15) is 11.6 Å². The number of rotatable bonds is 7. The summed E-state index contributed by atoms with van der Waals surface area (Å²) in [6.07, 6.45) is 4.14. The number of halogens is 1. The van der Waals surface area contributed by atoms with Crippen molar-refractivity contribution in [1.29, 1.82) is 5.26 Å². The highest BCUT2D eigenvalue weighted by molar-refractivity contribution is 5.85. The molecule has 0 atom stereocenters.